The summed E-state index contributed by atoms with van der Waals surface area (Å²) in [6.07, 6.45) is 3.10. The zero-order chi connectivity index (χ0) is 23.6. The van der Waals surface area contributed by atoms with Gasteiger partial charge in [0.25, 0.3) is 11.1 Å². The number of benzene rings is 2. The number of imide groups is 1. The lowest BCUT2D eigenvalue weighted by Gasteiger charge is -2.42. The molecule has 1 saturated heterocycles. The van der Waals surface area contributed by atoms with E-state index in [4.69, 9.17) is 0 Å². The predicted molar refractivity (Wildman–Crippen MR) is 123 cm³/mol. The van der Waals surface area contributed by atoms with E-state index in [-0.39, 0.29) is 26.9 Å². The van der Waals surface area contributed by atoms with Crippen LogP contribution in [-0.2, 0) is 15.6 Å². The van der Waals surface area contributed by atoms with Crippen molar-refractivity contribution in [3.05, 3.63) is 57.0 Å². The number of hydrogen-bond donors (Lipinski definition) is 2. The van der Waals surface area contributed by atoms with E-state index in [0.29, 0.717) is 17.3 Å². The monoisotopic (exact) mass is 457 g/mol. The highest BCUT2D eigenvalue weighted by Gasteiger charge is 2.38. The molecular formula is C25H25F2NO3S. The van der Waals surface area contributed by atoms with E-state index in [1.807, 2.05) is 19.1 Å². The lowest BCUT2D eigenvalue weighted by atomic mass is 9.62. The highest BCUT2D eigenvalue weighted by atomic mass is 32.2. The van der Waals surface area contributed by atoms with Crippen LogP contribution in [0.4, 0.5) is 13.6 Å². The number of carbonyl (C=O) groups excluding carboxylic acids is 2. The first-order valence-electron chi connectivity index (χ1n) is 10.4. The number of rotatable bonds is 2. The topological polar surface area (TPSA) is 66.4 Å². The number of nitrogens with one attached hydrogen (secondary N) is 1. The molecule has 7 heteroatoms. The van der Waals surface area contributed by atoms with Gasteiger partial charge in [-0.2, -0.15) is 0 Å². The van der Waals surface area contributed by atoms with Crippen LogP contribution in [0.5, 0.6) is 5.75 Å². The van der Waals surface area contributed by atoms with Gasteiger partial charge in [-0.3, -0.25) is 14.9 Å². The lowest BCUT2D eigenvalue weighted by molar-refractivity contribution is -0.115. The Morgan fingerprint density at radius 3 is 2.19 bits per heavy atom. The Bertz CT molecular complexity index is 1210. The van der Waals surface area contributed by atoms with Crippen LogP contribution in [0.15, 0.2) is 23.1 Å². The van der Waals surface area contributed by atoms with Gasteiger partial charge in [0.05, 0.1) is 10.5 Å². The first-order chi connectivity index (χ1) is 14.8. The number of carbonyl (C=O) groups is 2. The van der Waals surface area contributed by atoms with Crippen molar-refractivity contribution in [1.29, 1.82) is 0 Å². The van der Waals surface area contributed by atoms with Gasteiger partial charge < -0.3 is 5.11 Å². The van der Waals surface area contributed by atoms with Gasteiger partial charge >= 0.3 is 0 Å². The van der Waals surface area contributed by atoms with Gasteiger partial charge in [-0.05, 0) is 82.8 Å². The highest BCUT2D eigenvalue weighted by molar-refractivity contribution is 8.18. The molecule has 4 rings (SSSR count). The normalized spacial score (nSPS) is 20.4. The molecule has 1 aliphatic carbocycles. The lowest BCUT2D eigenvalue weighted by Crippen LogP contribution is -2.34. The molecule has 0 unspecified atom stereocenters. The molecule has 2 amide bonds. The van der Waals surface area contributed by atoms with E-state index in [1.165, 1.54) is 5.56 Å². The van der Waals surface area contributed by atoms with Crippen LogP contribution in [0, 0.1) is 18.6 Å². The van der Waals surface area contributed by atoms with Crippen molar-refractivity contribution in [3.63, 3.8) is 0 Å². The first-order valence-corrected chi connectivity index (χ1v) is 11.3. The molecule has 0 aromatic heterocycles. The number of phenolic OH excluding ortho intramolecular Hbond substituents is 1. The molecule has 2 aromatic rings. The maximum Gasteiger partial charge on any atom is 0.290 e. The maximum atomic E-state index is 15.6. The van der Waals surface area contributed by atoms with Crippen LogP contribution in [0.3, 0.4) is 0 Å². The molecule has 4 nitrogen and oxygen atoms in total. The van der Waals surface area contributed by atoms with Crippen molar-refractivity contribution >= 4 is 29.0 Å². The van der Waals surface area contributed by atoms with Crippen molar-refractivity contribution in [2.45, 2.75) is 58.3 Å². The van der Waals surface area contributed by atoms with Crippen molar-refractivity contribution in [2.24, 2.45) is 0 Å². The van der Waals surface area contributed by atoms with Crippen LogP contribution in [0.1, 0.15) is 62.8 Å². The molecule has 2 aliphatic rings. The zero-order valence-electron chi connectivity index (χ0n) is 18.7. The van der Waals surface area contributed by atoms with E-state index in [0.717, 1.165) is 36.1 Å². The van der Waals surface area contributed by atoms with Crippen molar-refractivity contribution in [3.8, 4) is 16.9 Å². The molecule has 168 valence electrons. The number of hydrogen-bond acceptors (Lipinski definition) is 4. The van der Waals surface area contributed by atoms with Gasteiger partial charge in [-0.15, -0.1) is 0 Å². The molecule has 2 N–H and O–H groups in total. The minimum absolute atomic E-state index is 0.0324. The number of amides is 2. The first kappa shape index (κ1) is 22.5. The second-order valence-corrected chi connectivity index (χ2v) is 10.8. The summed E-state index contributed by atoms with van der Waals surface area (Å²) in [6.45, 7) is 10.4. The summed E-state index contributed by atoms with van der Waals surface area (Å²) in [5.74, 6) is -3.29. The predicted octanol–water partition coefficient (Wildman–Crippen LogP) is 6.32. The number of halogens is 2. The molecule has 1 fully saturated rings. The average molecular weight is 458 g/mol. The van der Waals surface area contributed by atoms with Crippen LogP contribution in [0.2, 0.25) is 0 Å². The van der Waals surface area contributed by atoms with Gasteiger partial charge in [0.15, 0.2) is 11.6 Å². The third-order valence-electron chi connectivity index (χ3n) is 6.61. The smallest absolute Gasteiger partial charge is 0.290 e. The Labute approximate surface area is 190 Å². The van der Waals surface area contributed by atoms with Gasteiger partial charge in [-0.1, -0.05) is 33.8 Å². The summed E-state index contributed by atoms with van der Waals surface area (Å²) in [5.41, 5.74) is 2.69. The molecule has 32 heavy (non-hydrogen) atoms. The van der Waals surface area contributed by atoms with Gasteiger partial charge in [0.1, 0.15) is 5.82 Å². The van der Waals surface area contributed by atoms with Gasteiger partial charge in [0, 0.05) is 5.56 Å². The largest absolute Gasteiger partial charge is 0.504 e. The third-order valence-corrected chi connectivity index (χ3v) is 7.42. The SMILES string of the molecule is Cc1cc2c(cc1-c1c(O)c(F)cc(C=C3SC(=O)NC3=O)c1F)C(C)(C)CCC2(C)C. The molecule has 0 bridgehead atoms. The van der Waals surface area contributed by atoms with E-state index >= 15 is 4.39 Å². The number of aryl methyl sites for hydroxylation is 1. The van der Waals surface area contributed by atoms with Crippen LogP contribution in [0.25, 0.3) is 17.2 Å². The van der Waals surface area contributed by atoms with Crippen LogP contribution < -0.4 is 5.32 Å². The van der Waals surface area contributed by atoms with Crippen molar-refractivity contribution < 1.29 is 23.5 Å². The van der Waals surface area contributed by atoms with Gasteiger partial charge in [0.2, 0.25) is 0 Å². The summed E-state index contributed by atoms with van der Waals surface area (Å²) < 4.78 is 30.3. The second-order valence-electron chi connectivity index (χ2n) is 9.82. The molecular weight excluding hydrogens is 432 g/mol. The Kier molecular flexibility index (Phi) is 5.24. The maximum absolute atomic E-state index is 15.6. The molecule has 0 atom stereocenters. The Morgan fingerprint density at radius 2 is 1.62 bits per heavy atom. The van der Waals surface area contributed by atoms with Crippen LogP contribution in [-0.4, -0.2) is 16.3 Å². The minimum atomic E-state index is -1.00. The standard InChI is InChI=1S/C25H25F2NO3S/c1-12-8-15-16(25(4,5)7-6-24(15,2)3)11-14(12)19-20(27)13(9-17(26)21(19)29)10-18-22(30)28-23(31)32-18/h8-11,29H,6-7H2,1-5H3,(H,28,30,31). The second kappa shape index (κ2) is 7.44. The highest BCUT2D eigenvalue weighted by Crippen LogP contribution is 2.49. The van der Waals surface area contributed by atoms with Gasteiger partial charge in [-0.25, -0.2) is 8.78 Å². The van der Waals surface area contributed by atoms with E-state index in [1.54, 1.807) is 0 Å². The van der Waals surface area contributed by atoms with E-state index in [2.05, 4.69) is 33.0 Å². The van der Waals surface area contributed by atoms with E-state index in [9.17, 15) is 19.1 Å². The molecule has 0 radical (unpaired) electrons. The molecule has 1 aliphatic heterocycles. The fourth-order valence-corrected chi connectivity index (χ4v) is 5.21. The number of aromatic hydroxyl groups is 1. The average Bonchev–Trinajstić information content (AvgIpc) is 3.01. The fraction of sp³-hybridized carbons (Fsp3) is 0.360. The summed E-state index contributed by atoms with van der Waals surface area (Å²) in [6, 6.07) is 4.70. The Balaban J connectivity index is 1.95. The molecule has 0 spiro atoms. The summed E-state index contributed by atoms with van der Waals surface area (Å²) in [5, 5.41) is 12.0. The minimum Gasteiger partial charge on any atom is -0.504 e. The summed E-state index contributed by atoms with van der Waals surface area (Å²) in [7, 11) is 0. The van der Waals surface area contributed by atoms with Crippen LogP contribution >= 0.6 is 11.8 Å². The summed E-state index contributed by atoms with van der Waals surface area (Å²) in [4.78, 5) is 23.3. The Morgan fingerprint density at radius 1 is 1.03 bits per heavy atom. The zero-order valence-corrected chi connectivity index (χ0v) is 19.5. The van der Waals surface area contributed by atoms with Crippen molar-refractivity contribution in [2.75, 3.05) is 0 Å². The summed E-state index contributed by atoms with van der Waals surface area (Å²) >= 11 is 0.620. The third kappa shape index (κ3) is 3.62. The number of phenols is 1. The molecule has 1 heterocycles. The number of fused-ring (bicyclic) bond motifs is 1. The number of thioether (sulfide) groups is 1. The Hall–Kier alpha value is -2.67. The van der Waals surface area contributed by atoms with E-state index < -0.39 is 28.5 Å². The molecule has 2 aromatic carbocycles. The van der Waals surface area contributed by atoms with Crippen molar-refractivity contribution in [1.82, 2.24) is 5.32 Å². The molecule has 0 saturated carbocycles. The fourth-order valence-electron chi connectivity index (χ4n) is 4.54. The quantitative estimate of drug-likeness (QED) is 0.518.